The molecular formula is C31H61O8P. The van der Waals surface area contributed by atoms with Crippen molar-refractivity contribution in [3.8, 4) is 0 Å². The molecule has 1 atom stereocenters. The van der Waals surface area contributed by atoms with Crippen molar-refractivity contribution in [3.63, 3.8) is 0 Å². The number of aliphatic hydroxyl groups is 2. The summed E-state index contributed by atoms with van der Waals surface area (Å²) >= 11 is 0. The van der Waals surface area contributed by atoms with Gasteiger partial charge in [-0.15, -0.1) is 0 Å². The zero-order valence-corrected chi connectivity index (χ0v) is 26.6. The summed E-state index contributed by atoms with van der Waals surface area (Å²) in [7, 11) is -4.53. The van der Waals surface area contributed by atoms with Gasteiger partial charge in [0.2, 0.25) is 0 Å². The Morgan fingerprint density at radius 2 is 0.875 bits per heavy atom. The lowest BCUT2D eigenvalue weighted by Crippen LogP contribution is -2.20. The second-order valence-electron chi connectivity index (χ2n) is 11.1. The Balaban J connectivity index is 4.19. The fraction of sp³-hybridized carbons (Fsp3) is 0.935. The van der Waals surface area contributed by atoms with Crippen molar-refractivity contribution < 1.29 is 37.9 Å². The van der Waals surface area contributed by atoms with Crippen molar-refractivity contribution >= 4 is 19.8 Å². The fourth-order valence-electron chi connectivity index (χ4n) is 4.51. The van der Waals surface area contributed by atoms with E-state index in [2.05, 4.69) is 13.8 Å². The minimum atomic E-state index is -4.53. The number of hydrogen-bond acceptors (Lipinski definition) is 8. The second kappa shape index (κ2) is 28.2. The lowest BCUT2D eigenvalue weighted by molar-refractivity contribution is -0.141. The average molecular weight is 593 g/mol. The first-order valence-corrected chi connectivity index (χ1v) is 17.8. The third-order valence-electron chi connectivity index (χ3n) is 7.03. The van der Waals surface area contributed by atoms with Gasteiger partial charge in [0.25, 0.3) is 0 Å². The molecule has 40 heavy (non-hydrogen) atoms. The molecule has 0 aliphatic rings. The van der Waals surface area contributed by atoms with E-state index in [0.717, 1.165) is 38.5 Å². The van der Waals surface area contributed by atoms with Crippen LogP contribution in [0, 0.1) is 0 Å². The van der Waals surface area contributed by atoms with E-state index >= 15 is 0 Å². The summed E-state index contributed by atoms with van der Waals surface area (Å²) in [5.41, 5.74) is 0. The molecule has 0 aliphatic heterocycles. The highest BCUT2D eigenvalue weighted by Gasteiger charge is 2.35. The number of hydrogen-bond donors (Lipinski definition) is 2. The lowest BCUT2D eigenvalue weighted by Gasteiger charge is -2.18. The first-order chi connectivity index (χ1) is 19.4. The maximum Gasteiger partial charge on any atom is 0.592 e. The Hall–Kier alpha value is -0.950. The molecule has 9 heteroatoms. The molecule has 0 aromatic rings. The summed E-state index contributed by atoms with van der Waals surface area (Å²) in [6.07, 6.45) is 23.8. The van der Waals surface area contributed by atoms with Crippen molar-refractivity contribution in [3.05, 3.63) is 0 Å². The van der Waals surface area contributed by atoms with E-state index in [-0.39, 0.29) is 12.8 Å². The summed E-state index contributed by atoms with van der Waals surface area (Å²) in [5, 5.41) is 18.5. The van der Waals surface area contributed by atoms with Gasteiger partial charge in [0.15, 0.2) is 0 Å². The summed E-state index contributed by atoms with van der Waals surface area (Å²) in [6.45, 7) is 3.23. The van der Waals surface area contributed by atoms with Gasteiger partial charge in [0, 0.05) is 12.8 Å². The number of carbonyl (C=O) groups excluding carboxylic acids is 2. The van der Waals surface area contributed by atoms with Crippen molar-refractivity contribution in [2.75, 3.05) is 13.2 Å². The van der Waals surface area contributed by atoms with Crippen LogP contribution in [0.3, 0.4) is 0 Å². The molecule has 238 valence electrons. The number of phosphoric acid groups is 1. The third-order valence-corrected chi connectivity index (χ3v) is 8.35. The highest BCUT2D eigenvalue weighted by atomic mass is 31.2. The molecule has 0 aromatic heterocycles. The van der Waals surface area contributed by atoms with Crippen molar-refractivity contribution in [1.29, 1.82) is 0 Å². The molecule has 0 saturated heterocycles. The van der Waals surface area contributed by atoms with Gasteiger partial charge in [0.05, 0.1) is 13.2 Å². The number of carbonyl (C=O) groups is 2. The molecule has 0 aliphatic carbocycles. The van der Waals surface area contributed by atoms with Crippen molar-refractivity contribution in [2.24, 2.45) is 0 Å². The Bertz CT molecular complexity index is 599. The highest BCUT2D eigenvalue weighted by Crippen LogP contribution is 2.50. The van der Waals surface area contributed by atoms with E-state index in [4.69, 9.17) is 18.7 Å². The minimum absolute atomic E-state index is 0.0447. The SMILES string of the molecule is CCCCCCCCCCCCCC(=O)OP(=O)(OCC(O)CO)OC(=O)CCCCCCCCCCCCC. The van der Waals surface area contributed by atoms with Crippen LogP contribution in [-0.4, -0.2) is 41.5 Å². The van der Waals surface area contributed by atoms with E-state index in [0.29, 0.717) is 12.8 Å². The largest absolute Gasteiger partial charge is 0.592 e. The number of unbranched alkanes of at least 4 members (excludes halogenated alkanes) is 20. The number of phosphoric ester groups is 1. The second-order valence-corrected chi connectivity index (χ2v) is 12.6. The summed E-state index contributed by atoms with van der Waals surface area (Å²) in [5.74, 6) is -1.53. The van der Waals surface area contributed by atoms with Crippen LogP contribution in [0.15, 0.2) is 0 Å². The summed E-state index contributed by atoms with van der Waals surface area (Å²) in [4.78, 5) is 24.6. The molecule has 0 bridgehead atoms. The first kappa shape index (κ1) is 39.0. The summed E-state index contributed by atoms with van der Waals surface area (Å²) in [6, 6.07) is 0. The predicted octanol–water partition coefficient (Wildman–Crippen LogP) is 8.95. The van der Waals surface area contributed by atoms with Crippen LogP contribution in [-0.2, 0) is 27.7 Å². The Kier molecular flexibility index (Phi) is 27.5. The van der Waals surface area contributed by atoms with Crippen LogP contribution in [0.1, 0.15) is 168 Å². The molecule has 0 heterocycles. The van der Waals surface area contributed by atoms with Crippen LogP contribution in [0.2, 0.25) is 0 Å². The molecule has 0 radical (unpaired) electrons. The molecule has 0 fully saturated rings. The number of aliphatic hydroxyl groups excluding tert-OH is 2. The molecule has 2 N–H and O–H groups in total. The predicted molar refractivity (Wildman–Crippen MR) is 161 cm³/mol. The molecule has 1 unspecified atom stereocenters. The molecular weight excluding hydrogens is 531 g/mol. The lowest BCUT2D eigenvalue weighted by atomic mass is 10.1. The molecule has 0 amide bonds. The van der Waals surface area contributed by atoms with Crippen LogP contribution in [0.4, 0.5) is 0 Å². The van der Waals surface area contributed by atoms with Crippen molar-refractivity contribution in [1.82, 2.24) is 0 Å². The van der Waals surface area contributed by atoms with E-state index in [1.54, 1.807) is 0 Å². The molecule has 0 aromatic carbocycles. The van der Waals surface area contributed by atoms with Gasteiger partial charge in [-0.05, 0) is 12.8 Å². The Morgan fingerprint density at radius 1 is 0.575 bits per heavy atom. The van der Waals surface area contributed by atoms with Crippen LogP contribution < -0.4 is 0 Å². The van der Waals surface area contributed by atoms with Crippen LogP contribution in [0.5, 0.6) is 0 Å². The topological polar surface area (TPSA) is 119 Å². The Morgan fingerprint density at radius 3 is 1.18 bits per heavy atom. The molecule has 0 saturated carbocycles. The molecule has 0 rings (SSSR count). The minimum Gasteiger partial charge on any atom is -0.394 e. The van der Waals surface area contributed by atoms with Gasteiger partial charge in [-0.3, -0.25) is 14.1 Å². The van der Waals surface area contributed by atoms with Gasteiger partial charge in [0.1, 0.15) is 6.10 Å². The van der Waals surface area contributed by atoms with Gasteiger partial charge in [-0.1, -0.05) is 142 Å². The van der Waals surface area contributed by atoms with Crippen LogP contribution >= 0.6 is 7.82 Å². The van der Waals surface area contributed by atoms with Crippen molar-refractivity contribution in [2.45, 2.75) is 174 Å². The molecule has 0 spiro atoms. The van der Waals surface area contributed by atoms with E-state index < -0.39 is 39.1 Å². The highest BCUT2D eigenvalue weighted by molar-refractivity contribution is 7.49. The molecule has 8 nitrogen and oxygen atoms in total. The van der Waals surface area contributed by atoms with E-state index in [1.165, 1.54) is 89.9 Å². The quantitative estimate of drug-likeness (QED) is 0.0626. The zero-order chi connectivity index (χ0) is 29.7. The normalized spacial score (nSPS) is 12.4. The maximum atomic E-state index is 13.0. The van der Waals surface area contributed by atoms with Gasteiger partial charge < -0.3 is 19.3 Å². The smallest absolute Gasteiger partial charge is 0.394 e. The maximum absolute atomic E-state index is 13.0. The Labute approximate surface area is 244 Å². The van der Waals surface area contributed by atoms with Crippen LogP contribution in [0.25, 0.3) is 0 Å². The van der Waals surface area contributed by atoms with Gasteiger partial charge >= 0.3 is 19.8 Å². The third kappa shape index (κ3) is 26.0. The monoisotopic (exact) mass is 592 g/mol. The number of rotatable bonds is 30. The first-order valence-electron chi connectivity index (χ1n) is 16.3. The van der Waals surface area contributed by atoms with E-state index in [9.17, 15) is 19.3 Å². The van der Waals surface area contributed by atoms with E-state index in [1.807, 2.05) is 0 Å². The fourth-order valence-corrected chi connectivity index (χ4v) is 5.69. The van der Waals surface area contributed by atoms with Gasteiger partial charge in [-0.2, -0.15) is 0 Å². The van der Waals surface area contributed by atoms with Gasteiger partial charge in [-0.25, -0.2) is 4.57 Å². The summed E-state index contributed by atoms with van der Waals surface area (Å²) < 4.78 is 27.9. The zero-order valence-electron chi connectivity index (χ0n) is 25.8. The standard InChI is InChI=1S/C31H61O8P/c1-3-5-7-9-11-13-15-17-19-21-23-25-30(34)38-40(36,37-28-29(33)27-32)39-31(35)26-24-22-20-18-16-14-12-10-8-6-4-2/h29,32-33H,3-28H2,1-2H3. The average Bonchev–Trinajstić information content (AvgIpc) is 2.93.